The van der Waals surface area contributed by atoms with Gasteiger partial charge in [-0.05, 0) is 60.3 Å². The lowest BCUT2D eigenvalue weighted by Crippen LogP contribution is -2.45. The standard InChI is InChI=1S/C18H28BrN3O3.HI/c1-5-20-17(22-12-18(2)7-6-8-25-18)21-11-13-9-14(19)16(24-4)15(10-13)23-3;/h9-10H,5-8,11-12H2,1-4H3,(H2,20,21,22);1H. The summed E-state index contributed by atoms with van der Waals surface area (Å²) in [5, 5.41) is 6.66. The fourth-order valence-electron chi connectivity index (χ4n) is 2.82. The monoisotopic (exact) mass is 541 g/mol. The smallest absolute Gasteiger partial charge is 0.191 e. The summed E-state index contributed by atoms with van der Waals surface area (Å²) in [5.41, 5.74) is 0.924. The normalized spacial score (nSPS) is 19.7. The second-order valence-electron chi connectivity index (χ2n) is 6.26. The van der Waals surface area contributed by atoms with E-state index >= 15 is 0 Å². The van der Waals surface area contributed by atoms with Gasteiger partial charge in [0.05, 0.1) is 30.8 Å². The first-order valence-electron chi connectivity index (χ1n) is 8.58. The van der Waals surface area contributed by atoms with Gasteiger partial charge in [0.25, 0.3) is 0 Å². The molecule has 0 amide bonds. The van der Waals surface area contributed by atoms with Gasteiger partial charge in [0, 0.05) is 19.7 Å². The minimum Gasteiger partial charge on any atom is -0.493 e. The van der Waals surface area contributed by atoms with E-state index in [9.17, 15) is 0 Å². The average molecular weight is 542 g/mol. The fraction of sp³-hybridized carbons (Fsp3) is 0.611. The molecule has 6 nitrogen and oxygen atoms in total. The molecule has 0 aliphatic carbocycles. The van der Waals surface area contributed by atoms with Gasteiger partial charge in [0.2, 0.25) is 0 Å². The molecule has 1 heterocycles. The van der Waals surface area contributed by atoms with Gasteiger partial charge in [-0.1, -0.05) is 0 Å². The van der Waals surface area contributed by atoms with Gasteiger partial charge in [-0.15, -0.1) is 24.0 Å². The summed E-state index contributed by atoms with van der Waals surface area (Å²) in [6, 6.07) is 3.94. The number of nitrogens with one attached hydrogen (secondary N) is 2. The number of methoxy groups -OCH3 is 2. The van der Waals surface area contributed by atoms with Crippen LogP contribution in [0.4, 0.5) is 0 Å². The molecule has 0 spiro atoms. The Labute approximate surface area is 181 Å². The van der Waals surface area contributed by atoms with Crippen molar-refractivity contribution in [1.29, 1.82) is 0 Å². The lowest BCUT2D eigenvalue weighted by molar-refractivity contribution is 0.0243. The molecule has 148 valence electrons. The van der Waals surface area contributed by atoms with Crippen molar-refractivity contribution in [2.24, 2.45) is 4.99 Å². The topological polar surface area (TPSA) is 64.1 Å². The Morgan fingerprint density at radius 2 is 2.08 bits per heavy atom. The van der Waals surface area contributed by atoms with E-state index in [1.54, 1.807) is 14.2 Å². The van der Waals surface area contributed by atoms with Gasteiger partial charge in [-0.3, -0.25) is 0 Å². The largest absolute Gasteiger partial charge is 0.493 e. The number of halogens is 2. The van der Waals surface area contributed by atoms with E-state index < -0.39 is 0 Å². The second-order valence-corrected chi connectivity index (χ2v) is 7.12. The van der Waals surface area contributed by atoms with E-state index in [0.29, 0.717) is 18.0 Å². The summed E-state index contributed by atoms with van der Waals surface area (Å²) in [7, 11) is 3.25. The molecule has 1 unspecified atom stereocenters. The van der Waals surface area contributed by atoms with Crippen LogP contribution in [-0.4, -0.2) is 45.5 Å². The van der Waals surface area contributed by atoms with Crippen LogP contribution in [0.15, 0.2) is 21.6 Å². The Morgan fingerprint density at radius 3 is 2.65 bits per heavy atom. The van der Waals surface area contributed by atoms with Crippen molar-refractivity contribution >= 4 is 45.9 Å². The minimum absolute atomic E-state index is 0. The third kappa shape index (κ3) is 6.45. The molecule has 26 heavy (non-hydrogen) atoms. The number of hydrogen-bond acceptors (Lipinski definition) is 4. The molecular formula is C18H29BrIN3O3. The second kappa shape index (κ2) is 11.2. The van der Waals surface area contributed by atoms with Crippen molar-refractivity contribution in [2.45, 2.75) is 38.8 Å². The van der Waals surface area contributed by atoms with Crippen molar-refractivity contribution in [3.63, 3.8) is 0 Å². The quantitative estimate of drug-likeness (QED) is 0.313. The third-order valence-corrected chi connectivity index (χ3v) is 4.78. The first-order chi connectivity index (χ1) is 12.0. The highest BCUT2D eigenvalue weighted by Gasteiger charge is 2.29. The lowest BCUT2D eigenvalue weighted by Gasteiger charge is -2.24. The molecule has 2 rings (SSSR count). The molecule has 1 aromatic carbocycles. The van der Waals surface area contributed by atoms with E-state index in [1.807, 2.05) is 12.1 Å². The molecule has 1 atom stereocenters. The molecule has 0 radical (unpaired) electrons. The van der Waals surface area contributed by atoms with Gasteiger partial charge >= 0.3 is 0 Å². The number of ether oxygens (including phenoxy) is 3. The van der Waals surface area contributed by atoms with Crippen LogP contribution in [0.2, 0.25) is 0 Å². The molecule has 1 saturated heterocycles. The predicted octanol–water partition coefficient (Wildman–Crippen LogP) is 3.71. The Bertz CT molecular complexity index is 608. The van der Waals surface area contributed by atoms with E-state index in [0.717, 1.165) is 48.5 Å². The predicted molar refractivity (Wildman–Crippen MR) is 119 cm³/mol. The highest BCUT2D eigenvalue weighted by atomic mass is 127. The van der Waals surface area contributed by atoms with Crippen LogP contribution in [0.25, 0.3) is 0 Å². The highest BCUT2D eigenvalue weighted by Crippen LogP contribution is 2.36. The maximum atomic E-state index is 5.82. The van der Waals surface area contributed by atoms with Crippen LogP contribution in [0.3, 0.4) is 0 Å². The zero-order valence-corrected chi connectivity index (χ0v) is 19.8. The lowest BCUT2D eigenvalue weighted by atomic mass is 10.0. The summed E-state index contributed by atoms with van der Waals surface area (Å²) in [4.78, 5) is 4.67. The Balaban J connectivity index is 0.00000338. The number of hydrogen-bond donors (Lipinski definition) is 2. The molecule has 1 aromatic rings. The molecule has 2 N–H and O–H groups in total. The van der Waals surface area contributed by atoms with Crippen molar-refractivity contribution < 1.29 is 14.2 Å². The number of nitrogens with zero attached hydrogens (tertiary/aromatic N) is 1. The van der Waals surface area contributed by atoms with Crippen LogP contribution in [0.1, 0.15) is 32.3 Å². The summed E-state index contributed by atoms with van der Waals surface area (Å²) in [6.45, 7) is 7.12. The van der Waals surface area contributed by atoms with E-state index in [-0.39, 0.29) is 29.6 Å². The van der Waals surface area contributed by atoms with Crippen LogP contribution in [0.5, 0.6) is 11.5 Å². The van der Waals surface area contributed by atoms with E-state index in [4.69, 9.17) is 14.2 Å². The number of aliphatic imine (C=N–C) groups is 1. The summed E-state index contributed by atoms with van der Waals surface area (Å²) < 4.78 is 17.4. The van der Waals surface area contributed by atoms with Crippen LogP contribution < -0.4 is 20.1 Å². The average Bonchev–Trinajstić information content (AvgIpc) is 3.03. The molecule has 0 bridgehead atoms. The number of benzene rings is 1. The van der Waals surface area contributed by atoms with E-state index in [2.05, 4.69) is 45.4 Å². The zero-order valence-electron chi connectivity index (χ0n) is 15.9. The minimum atomic E-state index is -0.109. The Morgan fingerprint density at radius 1 is 1.31 bits per heavy atom. The number of guanidine groups is 1. The maximum absolute atomic E-state index is 5.82. The summed E-state index contributed by atoms with van der Waals surface area (Å²) in [5.74, 6) is 2.16. The highest BCUT2D eigenvalue weighted by molar-refractivity contribution is 14.0. The number of rotatable bonds is 7. The fourth-order valence-corrected chi connectivity index (χ4v) is 3.47. The van der Waals surface area contributed by atoms with Gasteiger partial charge in [0.15, 0.2) is 17.5 Å². The van der Waals surface area contributed by atoms with E-state index in [1.165, 1.54) is 0 Å². The first kappa shape index (κ1) is 23.3. The molecule has 1 aliphatic heterocycles. The molecule has 1 fully saturated rings. The third-order valence-electron chi connectivity index (χ3n) is 4.19. The van der Waals surface area contributed by atoms with Gasteiger partial charge in [0.1, 0.15) is 0 Å². The van der Waals surface area contributed by atoms with Crippen LogP contribution in [0, 0.1) is 0 Å². The summed E-state index contributed by atoms with van der Waals surface area (Å²) >= 11 is 3.52. The molecule has 1 aliphatic rings. The Kier molecular flexibility index (Phi) is 10.0. The molecular weight excluding hydrogens is 513 g/mol. The zero-order chi connectivity index (χ0) is 18.3. The van der Waals surface area contributed by atoms with Gasteiger partial charge < -0.3 is 24.8 Å². The molecule has 0 aromatic heterocycles. The van der Waals surface area contributed by atoms with Gasteiger partial charge in [-0.2, -0.15) is 0 Å². The Hall–Kier alpha value is -0.740. The first-order valence-corrected chi connectivity index (χ1v) is 9.37. The maximum Gasteiger partial charge on any atom is 0.191 e. The van der Waals surface area contributed by atoms with Crippen LogP contribution >= 0.6 is 39.9 Å². The van der Waals surface area contributed by atoms with Gasteiger partial charge in [-0.25, -0.2) is 4.99 Å². The molecule has 0 saturated carbocycles. The SMILES string of the molecule is CCNC(=NCc1cc(Br)c(OC)c(OC)c1)NCC1(C)CCCO1.I. The van der Waals surface area contributed by atoms with Crippen LogP contribution in [-0.2, 0) is 11.3 Å². The van der Waals surface area contributed by atoms with Crippen molar-refractivity contribution in [3.8, 4) is 11.5 Å². The van der Waals surface area contributed by atoms with Crippen molar-refractivity contribution in [3.05, 3.63) is 22.2 Å². The van der Waals surface area contributed by atoms with Crippen molar-refractivity contribution in [2.75, 3.05) is 33.9 Å². The summed E-state index contributed by atoms with van der Waals surface area (Å²) in [6.07, 6.45) is 2.19. The van der Waals surface area contributed by atoms with Crippen molar-refractivity contribution in [1.82, 2.24) is 10.6 Å². The molecule has 8 heteroatoms.